The standard InChI is InChI=1S/C26H36ClF2N3O4S/c1-7-8-35-15-26(22(33)34)12-25(6,24(3,4)5)13-32(14-26)11-19-16(2)31-21(37-19)18-9-17(27)10-30-20(18)36-23(28)29/h9-10,23H,7-8,11-15H2,1-6H3,(H,33,34)/t25-,26-/m1/s1. The van der Waals surface area contributed by atoms with Gasteiger partial charge in [-0.15, -0.1) is 11.3 Å². The molecular weight excluding hydrogens is 524 g/mol. The maximum Gasteiger partial charge on any atom is 0.388 e. The highest BCUT2D eigenvalue weighted by molar-refractivity contribution is 7.15. The van der Waals surface area contributed by atoms with Gasteiger partial charge in [-0.1, -0.05) is 46.2 Å². The first kappa shape index (κ1) is 29.7. The lowest BCUT2D eigenvalue weighted by molar-refractivity contribution is -0.168. The number of hydrogen-bond acceptors (Lipinski definition) is 7. The predicted molar refractivity (Wildman–Crippen MR) is 140 cm³/mol. The number of rotatable bonds is 10. The molecule has 2 atom stereocenters. The molecule has 3 rings (SSSR count). The molecule has 2 aromatic heterocycles. The average molecular weight is 560 g/mol. The molecule has 0 amide bonds. The molecule has 0 bridgehead atoms. The van der Waals surface area contributed by atoms with E-state index in [1.807, 2.05) is 13.8 Å². The van der Waals surface area contributed by atoms with Crippen LogP contribution in [0, 0.1) is 23.2 Å². The molecule has 0 radical (unpaired) electrons. The van der Waals surface area contributed by atoms with Crippen molar-refractivity contribution in [2.75, 3.05) is 26.3 Å². The van der Waals surface area contributed by atoms with Gasteiger partial charge in [0, 0.05) is 37.3 Å². The molecule has 37 heavy (non-hydrogen) atoms. The summed E-state index contributed by atoms with van der Waals surface area (Å²) >= 11 is 7.43. The zero-order valence-electron chi connectivity index (χ0n) is 22.2. The summed E-state index contributed by atoms with van der Waals surface area (Å²) in [6.45, 7) is 11.5. The molecule has 0 unspecified atom stereocenters. The molecule has 0 aliphatic carbocycles. The quantitative estimate of drug-likeness (QED) is 0.331. The van der Waals surface area contributed by atoms with Gasteiger partial charge in [0.1, 0.15) is 10.4 Å². The summed E-state index contributed by atoms with van der Waals surface area (Å²) in [6.07, 6.45) is 2.57. The van der Waals surface area contributed by atoms with Gasteiger partial charge in [-0.3, -0.25) is 9.69 Å². The van der Waals surface area contributed by atoms with Crippen LogP contribution in [0.15, 0.2) is 12.3 Å². The number of aryl methyl sites for hydroxylation is 1. The van der Waals surface area contributed by atoms with Gasteiger partial charge < -0.3 is 14.6 Å². The SMILES string of the molecule is CCCOC[C@]1(C(=O)O)CN(Cc2sc(-c3cc(Cl)cnc3OC(F)F)nc2C)C[C@](C)(C(C)(C)C)C1. The molecule has 7 nitrogen and oxygen atoms in total. The van der Waals surface area contributed by atoms with Crippen LogP contribution >= 0.6 is 22.9 Å². The van der Waals surface area contributed by atoms with E-state index in [1.54, 1.807) is 0 Å². The van der Waals surface area contributed by atoms with Crippen molar-refractivity contribution in [3.63, 3.8) is 0 Å². The number of piperidine rings is 1. The van der Waals surface area contributed by atoms with Crippen LogP contribution in [0.2, 0.25) is 5.02 Å². The number of carboxylic acid groups (broad SMARTS) is 1. The second-order valence-electron chi connectivity index (χ2n) is 11.2. The summed E-state index contributed by atoms with van der Waals surface area (Å²) in [5, 5.41) is 11.1. The van der Waals surface area contributed by atoms with Crippen molar-refractivity contribution in [1.82, 2.24) is 14.9 Å². The van der Waals surface area contributed by atoms with E-state index in [9.17, 15) is 18.7 Å². The summed E-state index contributed by atoms with van der Waals surface area (Å²) in [5.41, 5.74) is -0.479. The molecule has 3 heterocycles. The predicted octanol–water partition coefficient (Wildman–Crippen LogP) is 6.52. The molecule has 1 aliphatic heterocycles. The zero-order valence-corrected chi connectivity index (χ0v) is 23.8. The Labute approximate surface area is 226 Å². The number of carbonyl (C=O) groups is 1. The van der Waals surface area contributed by atoms with Crippen LogP contribution in [-0.2, 0) is 16.1 Å². The second-order valence-corrected chi connectivity index (χ2v) is 12.7. The summed E-state index contributed by atoms with van der Waals surface area (Å²) in [7, 11) is 0. The number of aromatic nitrogens is 2. The maximum atomic E-state index is 13.0. The largest absolute Gasteiger partial charge is 0.481 e. The highest BCUT2D eigenvalue weighted by atomic mass is 35.5. The number of thiazole rings is 1. The van der Waals surface area contributed by atoms with Crippen molar-refractivity contribution in [2.24, 2.45) is 16.2 Å². The zero-order chi connectivity index (χ0) is 27.6. The Morgan fingerprint density at radius 3 is 2.65 bits per heavy atom. The van der Waals surface area contributed by atoms with Gasteiger partial charge >= 0.3 is 12.6 Å². The van der Waals surface area contributed by atoms with E-state index >= 15 is 0 Å². The lowest BCUT2D eigenvalue weighted by Crippen LogP contribution is -2.59. The van der Waals surface area contributed by atoms with Crippen molar-refractivity contribution in [2.45, 2.75) is 67.5 Å². The van der Waals surface area contributed by atoms with Crippen LogP contribution in [0.1, 0.15) is 58.0 Å². The molecule has 0 spiro atoms. The van der Waals surface area contributed by atoms with Crippen molar-refractivity contribution in [3.05, 3.63) is 27.9 Å². The van der Waals surface area contributed by atoms with E-state index in [0.717, 1.165) is 17.0 Å². The smallest absolute Gasteiger partial charge is 0.388 e. The Hall–Kier alpha value is -1.88. The van der Waals surface area contributed by atoms with Gasteiger partial charge in [-0.2, -0.15) is 8.78 Å². The van der Waals surface area contributed by atoms with Crippen molar-refractivity contribution < 1.29 is 28.2 Å². The number of carboxylic acids is 1. The van der Waals surface area contributed by atoms with Gasteiger partial charge in [0.05, 0.1) is 22.9 Å². The molecule has 0 aromatic carbocycles. The number of halogens is 3. The fourth-order valence-corrected chi connectivity index (χ4v) is 6.09. The molecule has 11 heteroatoms. The van der Waals surface area contributed by atoms with E-state index in [4.69, 9.17) is 16.3 Å². The first-order chi connectivity index (χ1) is 17.2. The molecule has 206 valence electrons. The topological polar surface area (TPSA) is 84.8 Å². The molecule has 1 N–H and O–H groups in total. The van der Waals surface area contributed by atoms with Crippen LogP contribution < -0.4 is 4.74 Å². The van der Waals surface area contributed by atoms with E-state index in [0.29, 0.717) is 37.7 Å². The number of hydrogen-bond donors (Lipinski definition) is 1. The van der Waals surface area contributed by atoms with Crippen molar-refractivity contribution in [1.29, 1.82) is 0 Å². The number of ether oxygens (including phenoxy) is 2. The number of aliphatic carboxylic acids is 1. The first-order valence-corrected chi connectivity index (χ1v) is 13.5. The van der Waals surface area contributed by atoms with Gasteiger partial charge in [-0.25, -0.2) is 9.97 Å². The highest BCUT2D eigenvalue weighted by Crippen LogP contribution is 2.51. The summed E-state index contributed by atoms with van der Waals surface area (Å²) in [6, 6.07) is 1.51. The fourth-order valence-electron chi connectivity index (χ4n) is 4.82. The van der Waals surface area contributed by atoms with E-state index in [1.165, 1.54) is 23.6 Å². The summed E-state index contributed by atoms with van der Waals surface area (Å²) in [4.78, 5) is 24.3. The Kier molecular flexibility index (Phi) is 9.20. The Morgan fingerprint density at radius 1 is 1.35 bits per heavy atom. The normalized spacial score (nSPS) is 23.0. The second kappa shape index (κ2) is 11.5. The molecule has 2 aromatic rings. The van der Waals surface area contributed by atoms with Crippen molar-refractivity contribution >= 4 is 28.9 Å². The third-order valence-corrected chi connectivity index (χ3v) is 8.71. The number of likely N-dealkylation sites (tertiary alicyclic amines) is 1. The van der Waals surface area contributed by atoms with Crippen LogP contribution in [0.5, 0.6) is 5.88 Å². The number of nitrogens with zero attached hydrogens (tertiary/aromatic N) is 3. The molecule has 1 saturated heterocycles. The Bertz CT molecular complexity index is 1110. The molecular formula is C26H36ClF2N3O4S. The van der Waals surface area contributed by atoms with Crippen LogP contribution in [-0.4, -0.2) is 58.9 Å². The average Bonchev–Trinajstić information content (AvgIpc) is 3.13. The van der Waals surface area contributed by atoms with Crippen molar-refractivity contribution in [3.8, 4) is 16.5 Å². The Balaban J connectivity index is 1.96. The highest BCUT2D eigenvalue weighted by Gasteiger charge is 2.54. The van der Waals surface area contributed by atoms with E-state index in [2.05, 4.69) is 47.3 Å². The van der Waals surface area contributed by atoms with E-state index < -0.39 is 18.0 Å². The fraction of sp³-hybridized carbons (Fsp3) is 0.654. The van der Waals surface area contributed by atoms with Crippen LogP contribution in [0.4, 0.5) is 8.78 Å². The van der Waals surface area contributed by atoms with E-state index in [-0.39, 0.29) is 33.9 Å². The molecule has 1 aliphatic rings. The number of pyridine rings is 1. The van der Waals surface area contributed by atoms with Crippen LogP contribution in [0.25, 0.3) is 10.6 Å². The summed E-state index contributed by atoms with van der Waals surface area (Å²) in [5.74, 6) is -1.10. The minimum absolute atomic E-state index is 0.147. The minimum atomic E-state index is -3.03. The first-order valence-electron chi connectivity index (χ1n) is 12.3. The number of alkyl halides is 2. The third-order valence-electron chi connectivity index (χ3n) is 7.33. The van der Waals surface area contributed by atoms with Gasteiger partial charge in [0.25, 0.3) is 0 Å². The van der Waals surface area contributed by atoms with Gasteiger partial charge in [-0.05, 0) is 36.7 Å². The molecule has 0 saturated carbocycles. The van der Waals surface area contributed by atoms with Gasteiger partial charge in [0.15, 0.2) is 0 Å². The van der Waals surface area contributed by atoms with Crippen LogP contribution in [0.3, 0.4) is 0 Å². The molecule has 1 fully saturated rings. The van der Waals surface area contributed by atoms with Gasteiger partial charge in [0.2, 0.25) is 5.88 Å². The third kappa shape index (κ3) is 6.77. The minimum Gasteiger partial charge on any atom is -0.481 e. The monoisotopic (exact) mass is 559 g/mol. The maximum absolute atomic E-state index is 13.0. The summed E-state index contributed by atoms with van der Waals surface area (Å²) < 4.78 is 36.3. The lowest BCUT2D eigenvalue weighted by atomic mass is 9.58. The Morgan fingerprint density at radius 2 is 2.05 bits per heavy atom. The lowest BCUT2D eigenvalue weighted by Gasteiger charge is -2.54.